The van der Waals surface area contributed by atoms with Gasteiger partial charge in [0.15, 0.2) is 0 Å². The van der Waals surface area contributed by atoms with Crippen LogP contribution in [-0.4, -0.2) is 35.2 Å². The molecule has 0 saturated carbocycles. The molecular weight excluding hydrogens is 308 g/mol. The van der Waals surface area contributed by atoms with Crippen molar-refractivity contribution in [2.24, 2.45) is 11.7 Å². The molecule has 24 heavy (non-hydrogen) atoms. The summed E-state index contributed by atoms with van der Waals surface area (Å²) in [5.74, 6) is -0.264. The van der Waals surface area contributed by atoms with Crippen LogP contribution in [0.4, 0.5) is 0 Å². The number of carbonyl (C=O) groups excluding carboxylic acids is 2. The van der Waals surface area contributed by atoms with E-state index >= 15 is 0 Å². The summed E-state index contributed by atoms with van der Waals surface area (Å²) >= 11 is 0. The van der Waals surface area contributed by atoms with Crippen LogP contribution in [0.2, 0.25) is 0 Å². The summed E-state index contributed by atoms with van der Waals surface area (Å²) in [6.45, 7) is 3.80. The number of amides is 2. The topological polar surface area (TPSA) is 110 Å². The average Bonchev–Trinajstić information content (AvgIpc) is 3.08. The number of methoxy groups -OCH3 is 1. The first-order chi connectivity index (χ1) is 11.5. The van der Waals surface area contributed by atoms with E-state index in [2.05, 4.69) is 15.5 Å². The number of ether oxygens (including phenoxy) is 1. The van der Waals surface area contributed by atoms with Crippen LogP contribution >= 0.6 is 0 Å². The van der Waals surface area contributed by atoms with Crippen LogP contribution in [0.3, 0.4) is 0 Å². The van der Waals surface area contributed by atoms with Gasteiger partial charge in [-0.05, 0) is 36.2 Å². The summed E-state index contributed by atoms with van der Waals surface area (Å²) in [6, 6.07) is 8.25. The Hall–Kier alpha value is -2.83. The fraction of sp³-hybridized carbons (Fsp3) is 0.353. The van der Waals surface area contributed by atoms with Crippen molar-refractivity contribution >= 4 is 11.8 Å². The minimum atomic E-state index is -0.713. The van der Waals surface area contributed by atoms with Crippen LogP contribution in [0.5, 0.6) is 5.75 Å². The van der Waals surface area contributed by atoms with E-state index in [1.165, 1.54) is 0 Å². The van der Waals surface area contributed by atoms with E-state index in [1.54, 1.807) is 13.2 Å². The summed E-state index contributed by atoms with van der Waals surface area (Å²) in [5, 5.41) is 9.49. The highest BCUT2D eigenvalue weighted by Gasteiger charge is 2.24. The standard InChI is InChI=1S/C17H22N4O3/c1-4-10(2)15(16(18)22)19-17(23)14-9-13(20-21-14)11-5-7-12(24-3)8-6-11/h5-10,15H,4H2,1-3H3,(H2,18,22)(H,19,23)(H,20,21)/t10-,15-/m0/s1. The predicted molar refractivity (Wildman–Crippen MR) is 90.5 cm³/mol. The summed E-state index contributed by atoms with van der Waals surface area (Å²) in [5.41, 5.74) is 7.12. The molecule has 0 unspecified atom stereocenters. The second-order valence-corrected chi connectivity index (χ2v) is 5.63. The van der Waals surface area contributed by atoms with Crippen molar-refractivity contribution < 1.29 is 14.3 Å². The highest BCUT2D eigenvalue weighted by molar-refractivity contribution is 5.96. The Morgan fingerprint density at radius 1 is 1.33 bits per heavy atom. The Kier molecular flexibility index (Phi) is 5.57. The van der Waals surface area contributed by atoms with Crippen LogP contribution in [0.25, 0.3) is 11.3 Å². The van der Waals surface area contributed by atoms with Crippen molar-refractivity contribution in [1.29, 1.82) is 0 Å². The van der Waals surface area contributed by atoms with Crippen LogP contribution in [0.15, 0.2) is 30.3 Å². The molecule has 2 amide bonds. The molecule has 128 valence electrons. The molecule has 0 aliphatic heterocycles. The lowest BCUT2D eigenvalue weighted by molar-refractivity contribution is -0.120. The molecule has 0 bridgehead atoms. The van der Waals surface area contributed by atoms with Crippen molar-refractivity contribution in [2.45, 2.75) is 26.3 Å². The van der Waals surface area contributed by atoms with Gasteiger partial charge >= 0.3 is 0 Å². The molecule has 0 fully saturated rings. The van der Waals surface area contributed by atoms with Gasteiger partial charge in [0.05, 0.1) is 12.8 Å². The summed E-state index contributed by atoms with van der Waals surface area (Å²) in [4.78, 5) is 23.8. The zero-order valence-electron chi connectivity index (χ0n) is 14.0. The highest BCUT2D eigenvalue weighted by atomic mass is 16.5. The second-order valence-electron chi connectivity index (χ2n) is 5.63. The van der Waals surface area contributed by atoms with Gasteiger partial charge in [-0.3, -0.25) is 14.7 Å². The number of rotatable bonds is 7. The number of hydrogen-bond acceptors (Lipinski definition) is 4. The molecule has 2 aromatic rings. The van der Waals surface area contributed by atoms with E-state index in [4.69, 9.17) is 10.5 Å². The monoisotopic (exact) mass is 330 g/mol. The fourth-order valence-electron chi connectivity index (χ4n) is 2.30. The fourth-order valence-corrected chi connectivity index (χ4v) is 2.30. The number of nitrogens with zero attached hydrogens (tertiary/aromatic N) is 1. The molecule has 4 N–H and O–H groups in total. The van der Waals surface area contributed by atoms with E-state index in [-0.39, 0.29) is 11.6 Å². The lowest BCUT2D eigenvalue weighted by Crippen LogP contribution is -2.48. The van der Waals surface area contributed by atoms with E-state index in [9.17, 15) is 9.59 Å². The second kappa shape index (κ2) is 7.63. The minimum Gasteiger partial charge on any atom is -0.497 e. The first-order valence-corrected chi connectivity index (χ1v) is 7.76. The molecule has 7 heteroatoms. The van der Waals surface area contributed by atoms with Gasteiger partial charge in [-0.1, -0.05) is 20.3 Å². The smallest absolute Gasteiger partial charge is 0.269 e. The Morgan fingerprint density at radius 2 is 2.00 bits per heavy atom. The third kappa shape index (κ3) is 3.92. The lowest BCUT2D eigenvalue weighted by atomic mass is 9.98. The molecule has 0 saturated heterocycles. The summed E-state index contributed by atoms with van der Waals surface area (Å²) in [6.07, 6.45) is 0.730. The van der Waals surface area contributed by atoms with Gasteiger partial charge in [0.1, 0.15) is 17.5 Å². The van der Waals surface area contributed by atoms with E-state index in [0.29, 0.717) is 5.69 Å². The van der Waals surface area contributed by atoms with Crippen LogP contribution < -0.4 is 15.8 Å². The number of carbonyl (C=O) groups is 2. The minimum absolute atomic E-state index is 0.0459. The molecule has 1 heterocycles. The number of aromatic amines is 1. The lowest BCUT2D eigenvalue weighted by Gasteiger charge is -2.20. The largest absolute Gasteiger partial charge is 0.497 e. The molecule has 0 spiro atoms. The number of primary amides is 1. The number of nitrogens with one attached hydrogen (secondary N) is 2. The van der Waals surface area contributed by atoms with Gasteiger partial charge in [0, 0.05) is 5.56 Å². The maximum absolute atomic E-state index is 12.3. The van der Waals surface area contributed by atoms with Gasteiger partial charge in [0.25, 0.3) is 5.91 Å². The molecular formula is C17H22N4O3. The van der Waals surface area contributed by atoms with Gasteiger partial charge < -0.3 is 15.8 Å². The van der Waals surface area contributed by atoms with Crippen molar-refractivity contribution in [2.75, 3.05) is 7.11 Å². The maximum Gasteiger partial charge on any atom is 0.269 e. The average molecular weight is 330 g/mol. The Balaban J connectivity index is 2.13. The van der Waals surface area contributed by atoms with Gasteiger partial charge in [-0.15, -0.1) is 0 Å². The third-order valence-electron chi connectivity index (χ3n) is 4.01. The molecule has 1 aromatic heterocycles. The Morgan fingerprint density at radius 3 is 2.54 bits per heavy atom. The SMILES string of the molecule is CC[C@H](C)[C@H](NC(=O)c1cc(-c2ccc(OC)cc2)n[nH]1)C(N)=O. The molecule has 1 aromatic carbocycles. The van der Waals surface area contributed by atoms with Crippen molar-refractivity contribution in [3.63, 3.8) is 0 Å². The molecule has 2 rings (SSSR count). The summed E-state index contributed by atoms with van der Waals surface area (Å²) < 4.78 is 5.11. The van der Waals surface area contributed by atoms with Crippen molar-refractivity contribution in [3.05, 3.63) is 36.0 Å². The van der Waals surface area contributed by atoms with Crippen LogP contribution in [0, 0.1) is 5.92 Å². The van der Waals surface area contributed by atoms with Crippen LogP contribution in [0.1, 0.15) is 30.8 Å². The number of aromatic nitrogens is 2. The molecule has 0 radical (unpaired) electrons. The molecule has 2 atom stereocenters. The quantitative estimate of drug-likeness (QED) is 0.718. The number of hydrogen-bond donors (Lipinski definition) is 3. The van der Waals surface area contributed by atoms with Gasteiger partial charge in [0.2, 0.25) is 5.91 Å². The van der Waals surface area contributed by atoms with Crippen LogP contribution in [-0.2, 0) is 4.79 Å². The van der Waals surface area contributed by atoms with Gasteiger partial charge in [-0.25, -0.2) is 0 Å². The predicted octanol–water partition coefficient (Wildman–Crippen LogP) is 1.72. The maximum atomic E-state index is 12.3. The Labute approximate surface area is 140 Å². The molecule has 7 nitrogen and oxygen atoms in total. The van der Waals surface area contributed by atoms with Crippen molar-refractivity contribution in [1.82, 2.24) is 15.5 Å². The summed E-state index contributed by atoms with van der Waals surface area (Å²) in [7, 11) is 1.60. The molecule has 0 aliphatic carbocycles. The normalized spacial score (nSPS) is 13.1. The number of H-pyrrole nitrogens is 1. The Bertz CT molecular complexity index is 709. The molecule has 0 aliphatic rings. The first-order valence-electron chi connectivity index (χ1n) is 7.76. The van der Waals surface area contributed by atoms with Gasteiger partial charge in [-0.2, -0.15) is 5.10 Å². The van der Waals surface area contributed by atoms with E-state index in [0.717, 1.165) is 17.7 Å². The zero-order valence-corrected chi connectivity index (χ0v) is 14.0. The first kappa shape index (κ1) is 17.5. The number of benzene rings is 1. The zero-order chi connectivity index (χ0) is 17.7. The van der Waals surface area contributed by atoms with Crippen molar-refractivity contribution in [3.8, 4) is 17.0 Å². The number of nitrogens with two attached hydrogens (primary N) is 1. The third-order valence-corrected chi connectivity index (χ3v) is 4.01. The van der Waals surface area contributed by atoms with E-state index in [1.807, 2.05) is 38.1 Å². The van der Waals surface area contributed by atoms with E-state index < -0.39 is 17.9 Å². The highest BCUT2D eigenvalue weighted by Crippen LogP contribution is 2.21.